The highest BCUT2D eigenvalue weighted by molar-refractivity contribution is 5.38. The second-order valence-electron chi connectivity index (χ2n) is 2.86. The molecule has 0 fully saturated rings. The average molecular weight is 153 g/mol. The highest BCUT2D eigenvalue weighted by Gasteiger charge is 1.98. The van der Waals surface area contributed by atoms with Gasteiger partial charge in [0, 0.05) is 19.3 Å². The van der Waals surface area contributed by atoms with Crippen LogP contribution in [-0.2, 0) is 7.05 Å². The Hall–Kier alpha value is -0.990. The van der Waals surface area contributed by atoms with Crippen LogP contribution in [0.25, 0.3) is 0 Å². The molecule has 3 heteroatoms. The topological polar surface area (TPSA) is 29.9 Å². The monoisotopic (exact) mass is 153 g/mol. The summed E-state index contributed by atoms with van der Waals surface area (Å²) in [5.41, 5.74) is 1.10. The Morgan fingerprint density at radius 2 is 2.45 bits per heavy atom. The summed E-state index contributed by atoms with van der Waals surface area (Å²) in [6.07, 6.45) is 4.95. The Labute approximate surface area is 67.4 Å². The lowest BCUT2D eigenvalue weighted by molar-refractivity contribution is 0.759. The molecule has 1 aromatic rings. The molecule has 0 aromatic carbocycles. The number of hydrogen-bond acceptors (Lipinski definition) is 2. The Balaban J connectivity index is 2.50. The number of aromatic nitrogens is 2. The van der Waals surface area contributed by atoms with E-state index in [-0.39, 0.29) is 0 Å². The summed E-state index contributed by atoms with van der Waals surface area (Å²) in [7, 11) is 1.92. The maximum absolute atomic E-state index is 4.06. The molecule has 0 spiro atoms. The third-order valence-corrected chi connectivity index (χ3v) is 1.73. The molecule has 0 unspecified atom stereocenters. The predicted octanol–water partition coefficient (Wildman–Crippen LogP) is 1.63. The van der Waals surface area contributed by atoms with E-state index in [0.717, 1.165) is 12.1 Å². The average Bonchev–Trinajstić information content (AvgIpc) is 2.35. The zero-order valence-corrected chi connectivity index (χ0v) is 7.33. The standard InChI is InChI=1S/C8H15N3/c1-4-7(2)10-8-5-9-11(3)6-8/h5-7,10H,4H2,1-3H3/t7-/m1/s1. The molecule has 0 amide bonds. The molecule has 0 saturated heterocycles. The molecule has 0 saturated carbocycles. The van der Waals surface area contributed by atoms with Gasteiger partial charge in [0.25, 0.3) is 0 Å². The molecule has 62 valence electrons. The smallest absolute Gasteiger partial charge is 0.0728 e. The minimum atomic E-state index is 0.527. The second kappa shape index (κ2) is 3.42. The molecule has 11 heavy (non-hydrogen) atoms. The molecule has 1 atom stereocenters. The maximum atomic E-state index is 4.06. The first-order valence-electron chi connectivity index (χ1n) is 3.97. The Morgan fingerprint density at radius 1 is 1.73 bits per heavy atom. The van der Waals surface area contributed by atoms with Gasteiger partial charge in [-0.25, -0.2) is 0 Å². The zero-order valence-electron chi connectivity index (χ0n) is 7.33. The van der Waals surface area contributed by atoms with Crippen molar-refractivity contribution in [3.8, 4) is 0 Å². The molecule has 1 N–H and O–H groups in total. The molecular weight excluding hydrogens is 138 g/mol. The summed E-state index contributed by atoms with van der Waals surface area (Å²) in [6.45, 7) is 4.32. The van der Waals surface area contributed by atoms with Gasteiger partial charge in [-0.1, -0.05) is 6.92 Å². The molecule has 0 bridgehead atoms. The summed E-state index contributed by atoms with van der Waals surface area (Å²) in [5.74, 6) is 0. The number of nitrogens with zero attached hydrogens (tertiary/aromatic N) is 2. The quantitative estimate of drug-likeness (QED) is 0.715. The third-order valence-electron chi connectivity index (χ3n) is 1.73. The van der Waals surface area contributed by atoms with Crippen LogP contribution in [0.5, 0.6) is 0 Å². The summed E-state index contributed by atoms with van der Waals surface area (Å²) < 4.78 is 1.80. The van der Waals surface area contributed by atoms with Gasteiger partial charge >= 0.3 is 0 Å². The van der Waals surface area contributed by atoms with E-state index in [9.17, 15) is 0 Å². The van der Waals surface area contributed by atoms with E-state index in [4.69, 9.17) is 0 Å². The summed E-state index contributed by atoms with van der Waals surface area (Å²) in [6, 6.07) is 0.527. The van der Waals surface area contributed by atoms with Gasteiger partial charge in [-0.15, -0.1) is 0 Å². The van der Waals surface area contributed by atoms with Crippen molar-refractivity contribution in [1.29, 1.82) is 0 Å². The van der Waals surface area contributed by atoms with Crippen molar-refractivity contribution >= 4 is 5.69 Å². The lowest BCUT2D eigenvalue weighted by Crippen LogP contribution is -2.12. The first kappa shape index (κ1) is 8.11. The lowest BCUT2D eigenvalue weighted by atomic mass is 10.2. The Bertz CT molecular complexity index is 217. The van der Waals surface area contributed by atoms with Crippen LogP contribution >= 0.6 is 0 Å². The molecule has 0 radical (unpaired) electrons. The fraction of sp³-hybridized carbons (Fsp3) is 0.625. The lowest BCUT2D eigenvalue weighted by Gasteiger charge is -2.09. The van der Waals surface area contributed by atoms with Crippen molar-refractivity contribution in [3.05, 3.63) is 12.4 Å². The molecule has 3 nitrogen and oxygen atoms in total. The first-order valence-corrected chi connectivity index (χ1v) is 3.97. The molecule has 0 aliphatic carbocycles. The Morgan fingerprint density at radius 3 is 2.91 bits per heavy atom. The third kappa shape index (κ3) is 2.26. The van der Waals surface area contributed by atoms with E-state index in [1.54, 1.807) is 4.68 Å². The van der Waals surface area contributed by atoms with Crippen LogP contribution in [0.15, 0.2) is 12.4 Å². The largest absolute Gasteiger partial charge is 0.380 e. The van der Waals surface area contributed by atoms with Gasteiger partial charge in [0.1, 0.15) is 0 Å². The van der Waals surface area contributed by atoms with Crippen LogP contribution in [0.3, 0.4) is 0 Å². The van der Waals surface area contributed by atoms with Crippen molar-refractivity contribution in [1.82, 2.24) is 9.78 Å². The number of rotatable bonds is 3. The maximum Gasteiger partial charge on any atom is 0.0728 e. The fourth-order valence-electron chi connectivity index (χ4n) is 0.882. The van der Waals surface area contributed by atoms with Crippen LogP contribution in [-0.4, -0.2) is 15.8 Å². The van der Waals surface area contributed by atoms with Gasteiger partial charge in [-0.05, 0) is 13.3 Å². The van der Waals surface area contributed by atoms with E-state index in [2.05, 4.69) is 24.3 Å². The van der Waals surface area contributed by atoms with E-state index in [0.29, 0.717) is 6.04 Å². The van der Waals surface area contributed by atoms with Gasteiger partial charge in [0.2, 0.25) is 0 Å². The van der Waals surface area contributed by atoms with Gasteiger partial charge in [0.15, 0.2) is 0 Å². The van der Waals surface area contributed by atoms with Crippen molar-refractivity contribution in [2.24, 2.45) is 7.05 Å². The van der Waals surface area contributed by atoms with Crippen molar-refractivity contribution < 1.29 is 0 Å². The van der Waals surface area contributed by atoms with E-state index in [1.807, 2.05) is 19.4 Å². The molecule has 0 aliphatic heterocycles. The van der Waals surface area contributed by atoms with Crippen LogP contribution in [0, 0.1) is 0 Å². The molecular formula is C8H15N3. The Kier molecular flexibility index (Phi) is 2.52. The fourth-order valence-corrected chi connectivity index (χ4v) is 0.882. The summed E-state index contributed by atoms with van der Waals surface area (Å²) in [5, 5.41) is 7.39. The van der Waals surface area contributed by atoms with E-state index < -0.39 is 0 Å². The molecule has 0 aliphatic rings. The number of anilines is 1. The first-order chi connectivity index (χ1) is 5.22. The number of aryl methyl sites for hydroxylation is 1. The minimum Gasteiger partial charge on any atom is -0.380 e. The zero-order chi connectivity index (χ0) is 8.27. The van der Waals surface area contributed by atoms with E-state index in [1.165, 1.54) is 0 Å². The molecule has 1 heterocycles. The van der Waals surface area contributed by atoms with Crippen LogP contribution in [0.4, 0.5) is 5.69 Å². The molecule has 1 aromatic heterocycles. The normalized spacial score (nSPS) is 13.0. The number of hydrogen-bond donors (Lipinski definition) is 1. The number of nitrogens with one attached hydrogen (secondary N) is 1. The summed E-state index contributed by atoms with van der Waals surface area (Å²) >= 11 is 0. The summed E-state index contributed by atoms with van der Waals surface area (Å²) in [4.78, 5) is 0. The van der Waals surface area contributed by atoms with Gasteiger partial charge in [0.05, 0.1) is 11.9 Å². The van der Waals surface area contributed by atoms with Crippen molar-refractivity contribution in [3.63, 3.8) is 0 Å². The van der Waals surface area contributed by atoms with Gasteiger partial charge < -0.3 is 5.32 Å². The highest BCUT2D eigenvalue weighted by Crippen LogP contribution is 2.06. The van der Waals surface area contributed by atoms with Crippen LogP contribution in [0.2, 0.25) is 0 Å². The SMILES string of the molecule is CC[C@@H](C)Nc1cnn(C)c1. The minimum absolute atomic E-state index is 0.527. The van der Waals surface area contributed by atoms with Crippen LogP contribution in [0.1, 0.15) is 20.3 Å². The second-order valence-corrected chi connectivity index (χ2v) is 2.86. The molecule has 1 rings (SSSR count). The predicted molar refractivity (Wildman–Crippen MR) is 46.6 cm³/mol. The van der Waals surface area contributed by atoms with Crippen molar-refractivity contribution in [2.45, 2.75) is 26.3 Å². The van der Waals surface area contributed by atoms with Gasteiger partial charge in [-0.3, -0.25) is 4.68 Å². The van der Waals surface area contributed by atoms with Gasteiger partial charge in [-0.2, -0.15) is 5.10 Å². The highest BCUT2D eigenvalue weighted by atomic mass is 15.3. The van der Waals surface area contributed by atoms with Crippen LogP contribution < -0.4 is 5.32 Å². The van der Waals surface area contributed by atoms with E-state index >= 15 is 0 Å². The van der Waals surface area contributed by atoms with Crippen molar-refractivity contribution in [2.75, 3.05) is 5.32 Å².